The number of nitrogens with one attached hydrogen (secondary N) is 1. The first-order valence-electron chi connectivity index (χ1n) is 12.7. The molecule has 0 spiro atoms. The van der Waals surface area contributed by atoms with Gasteiger partial charge in [-0.3, -0.25) is 4.98 Å². The first kappa shape index (κ1) is 29.0. The Hall–Kier alpha value is -3.05. The molecule has 1 N–H and O–H groups in total. The predicted molar refractivity (Wildman–Crippen MR) is 150 cm³/mol. The summed E-state index contributed by atoms with van der Waals surface area (Å²) >= 11 is 0. The maximum Gasteiger partial charge on any atom is 0.0421 e. The molecule has 34 heavy (non-hydrogen) atoms. The minimum atomic E-state index is 0.775. The van der Waals surface area contributed by atoms with Gasteiger partial charge in [-0.2, -0.15) is 0 Å². The molecule has 0 fully saturated rings. The van der Waals surface area contributed by atoms with E-state index in [4.69, 9.17) is 6.42 Å². The molecule has 1 aromatic heterocycles. The molecule has 0 aliphatic carbocycles. The van der Waals surface area contributed by atoms with Gasteiger partial charge in [0.2, 0.25) is 0 Å². The van der Waals surface area contributed by atoms with Crippen LogP contribution in [0.3, 0.4) is 0 Å². The fourth-order valence-electron chi connectivity index (χ4n) is 3.57. The molecular weight excluding hydrogens is 412 g/mol. The van der Waals surface area contributed by atoms with Crippen molar-refractivity contribution in [2.24, 2.45) is 0 Å². The summed E-state index contributed by atoms with van der Waals surface area (Å²) in [6.45, 7) is 15.9. The second kappa shape index (κ2) is 18.4. The highest BCUT2D eigenvalue weighted by molar-refractivity contribution is 5.46. The first-order chi connectivity index (χ1) is 16.5. The lowest BCUT2D eigenvalue weighted by atomic mass is 9.96. The van der Waals surface area contributed by atoms with Crippen molar-refractivity contribution in [3.8, 4) is 12.3 Å². The van der Waals surface area contributed by atoms with Crippen LogP contribution >= 0.6 is 0 Å². The quantitative estimate of drug-likeness (QED) is 0.144. The highest BCUT2D eigenvalue weighted by Gasteiger charge is 2.08. The van der Waals surface area contributed by atoms with Crippen LogP contribution in [-0.2, 0) is 6.42 Å². The maximum absolute atomic E-state index is 5.69. The second-order valence-electron chi connectivity index (χ2n) is 8.70. The Morgan fingerprint density at radius 3 is 2.53 bits per heavy atom. The molecule has 2 heteroatoms. The van der Waals surface area contributed by atoms with Crippen molar-refractivity contribution in [2.45, 2.75) is 78.6 Å². The van der Waals surface area contributed by atoms with Crippen LogP contribution in [0.15, 0.2) is 95.9 Å². The van der Waals surface area contributed by atoms with E-state index in [9.17, 15) is 0 Å². The summed E-state index contributed by atoms with van der Waals surface area (Å²) in [6.07, 6.45) is 27.9. The number of unbranched alkanes of at least 4 members (excludes halogenated alkanes) is 4. The first-order valence-corrected chi connectivity index (χ1v) is 12.7. The average Bonchev–Trinajstić information content (AvgIpc) is 2.84. The number of nitrogens with zero attached hydrogens (tertiary/aromatic N) is 1. The molecular formula is C32H44N2. The molecule has 1 aromatic rings. The lowest BCUT2D eigenvalue weighted by molar-refractivity contribution is 0.630. The van der Waals surface area contributed by atoms with Gasteiger partial charge in [-0.05, 0) is 62.8 Å². The van der Waals surface area contributed by atoms with Crippen LogP contribution in [0, 0.1) is 12.3 Å². The van der Waals surface area contributed by atoms with Crippen molar-refractivity contribution in [1.29, 1.82) is 0 Å². The molecule has 182 valence electrons. The van der Waals surface area contributed by atoms with Crippen molar-refractivity contribution >= 4 is 0 Å². The Morgan fingerprint density at radius 2 is 1.85 bits per heavy atom. The molecule has 0 aliphatic rings. The Balaban J connectivity index is 2.83. The number of aromatic nitrogens is 1. The van der Waals surface area contributed by atoms with Crippen LogP contribution < -0.4 is 5.32 Å². The molecule has 0 saturated heterocycles. The van der Waals surface area contributed by atoms with Gasteiger partial charge in [-0.25, -0.2) is 0 Å². The molecule has 0 radical (unpaired) electrons. The molecule has 0 aliphatic heterocycles. The predicted octanol–water partition coefficient (Wildman–Crippen LogP) is 8.43. The monoisotopic (exact) mass is 456 g/mol. The summed E-state index contributed by atoms with van der Waals surface area (Å²) < 4.78 is 0. The van der Waals surface area contributed by atoms with Crippen molar-refractivity contribution in [3.63, 3.8) is 0 Å². The summed E-state index contributed by atoms with van der Waals surface area (Å²) in [4.78, 5) is 4.40. The van der Waals surface area contributed by atoms with Gasteiger partial charge in [0.1, 0.15) is 0 Å². The number of pyridine rings is 1. The van der Waals surface area contributed by atoms with Crippen molar-refractivity contribution in [3.05, 3.63) is 102 Å². The van der Waals surface area contributed by atoms with Gasteiger partial charge in [-0.15, -0.1) is 6.42 Å². The molecule has 0 saturated carbocycles. The molecule has 0 bridgehead atoms. The third-order valence-corrected chi connectivity index (χ3v) is 5.73. The highest BCUT2D eigenvalue weighted by Crippen LogP contribution is 2.23. The lowest BCUT2D eigenvalue weighted by Gasteiger charge is -2.16. The lowest BCUT2D eigenvalue weighted by Crippen LogP contribution is -2.18. The van der Waals surface area contributed by atoms with Crippen LogP contribution in [-0.4, -0.2) is 11.5 Å². The van der Waals surface area contributed by atoms with Gasteiger partial charge in [0, 0.05) is 36.1 Å². The molecule has 1 heterocycles. The SMILES string of the molecule is C#C/C(=C\C=C/C)CCC(=C)/C(=C/C=C(\C)CCCCCCC)C(=C)NCCc1ccccn1. The summed E-state index contributed by atoms with van der Waals surface area (Å²) in [5.74, 6) is 2.79. The number of rotatable bonds is 17. The topological polar surface area (TPSA) is 24.9 Å². The second-order valence-corrected chi connectivity index (χ2v) is 8.70. The Morgan fingerprint density at radius 1 is 1.06 bits per heavy atom. The minimum absolute atomic E-state index is 0.775. The standard InChI is InChI=1S/C32H44N2/c1-7-10-12-13-14-17-27(4)20-23-32(28(5)21-22-30(9-3)18-11-8-2)29(6)33-26-24-31-19-15-16-25-34-31/h3,8,11,15-16,18-20,23,25,33H,5-7,10,12-14,17,21-22,24,26H2,1-2,4H3/b11-8-,27-20+,30-18+,32-23-. The summed E-state index contributed by atoms with van der Waals surface area (Å²) in [7, 11) is 0. The zero-order chi connectivity index (χ0) is 25.0. The van der Waals surface area contributed by atoms with Gasteiger partial charge in [-0.1, -0.05) is 93.7 Å². The van der Waals surface area contributed by atoms with Gasteiger partial charge in [0.15, 0.2) is 0 Å². The van der Waals surface area contributed by atoms with Crippen LogP contribution in [0.2, 0.25) is 0 Å². The van der Waals surface area contributed by atoms with Crippen molar-refractivity contribution in [1.82, 2.24) is 10.3 Å². The molecule has 2 nitrogen and oxygen atoms in total. The smallest absolute Gasteiger partial charge is 0.0421 e. The van der Waals surface area contributed by atoms with E-state index < -0.39 is 0 Å². The van der Waals surface area contributed by atoms with Crippen LogP contribution in [0.1, 0.15) is 77.8 Å². The number of terminal acetylenes is 1. The van der Waals surface area contributed by atoms with Gasteiger partial charge in [0.25, 0.3) is 0 Å². The van der Waals surface area contributed by atoms with E-state index in [1.54, 1.807) is 0 Å². The van der Waals surface area contributed by atoms with E-state index >= 15 is 0 Å². The fourth-order valence-corrected chi connectivity index (χ4v) is 3.57. The molecule has 0 unspecified atom stereocenters. The highest BCUT2D eigenvalue weighted by atomic mass is 14.9. The maximum atomic E-state index is 5.69. The fraction of sp³-hybridized carbons (Fsp3) is 0.406. The Bertz CT molecular complexity index is 904. The molecule has 0 atom stereocenters. The Kier molecular flexibility index (Phi) is 15.7. The number of hydrogen-bond donors (Lipinski definition) is 1. The molecule has 0 aromatic carbocycles. The van der Waals surface area contributed by atoms with Crippen LogP contribution in [0.5, 0.6) is 0 Å². The van der Waals surface area contributed by atoms with Crippen LogP contribution in [0.4, 0.5) is 0 Å². The van der Waals surface area contributed by atoms with Crippen LogP contribution in [0.25, 0.3) is 0 Å². The third kappa shape index (κ3) is 12.9. The van der Waals surface area contributed by atoms with E-state index in [1.807, 2.05) is 49.5 Å². The zero-order valence-electron chi connectivity index (χ0n) is 21.7. The van der Waals surface area contributed by atoms with Gasteiger partial charge >= 0.3 is 0 Å². The largest absolute Gasteiger partial charge is 0.385 e. The van der Waals surface area contributed by atoms with Gasteiger partial charge < -0.3 is 5.32 Å². The molecule has 0 amide bonds. The number of hydrogen-bond acceptors (Lipinski definition) is 2. The van der Waals surface area contributed by atoms with Crippen molar-refractivity contribution in [2.75, 3.05) is 6.54 Å². The van der Waals surface area contributed by atoms with E-state index in [1.165, 1.54) is 37.7 Å². The zero-order valence-corrected chi connectivity index (χ0v) is 21.7. The average molecular weight is 457 g/mol. The van der Waals surface area contributed by atoms with E-state index in [2.05, 4.69) is 55.4 Å². The third-order valence-electron chi connectivity index (χ3n) is 5.73. The normalized spacial score (nSPS) is 12.6. The van der Waals surface area contributed by atoms with Crippen molar-refractivity contribution < 1.29 is 0 Å². The van der Waals surface area contributed by atoms with E-state index in [0.717, 1.165) is 60.3 Å². The summed E-state index contributed by atoms with van der Waals surface area (Å²) in [5, 5.41) is 3.48. The summed E-state index contributed by atoms with van der Waals surface area (Å²) in [6, 6.07) is 6.00. The van der Waals surface area contributed by atoms with E-state index in [-0.39, 0.29) is 0 Å². The minimum Gasteiger partial charge on any atom is -0.385 e. The summed E-state index contributed by atoms with van der Waals surface area (Å²) in [5.41, 5.74) is 6.44. The Labute approximate surface area is 209 Å². The molecule has 1 rings (SSSR count). The van der Waals surface area contributed by atoms with Gasteiger partial charge in [0.05, 0.1) is 0 Å². The number of allylic oxidation sites excluding steroid dienone is 8. The van der Waals surface area contributed by atoms with E-state index in [0.29, 0.717) is 0 Å².